The fourth-order valence-electron chi connectivity index (χ4n) is 3.52. The van der Waals surface area contributed by atoms with Gasteiger partial charge in [0.15, 0.2) is 5.82 Å². The number of aromatic nitrogens is 3. The highest BCUT2D eigenvalue weighted by Gasteiger charge is 2.27. The van der Waals surface area contributed by atoms with E-state index in [1.807, 2.05) is 25.2 Å². The van der Waals surface area contributed by atoms with Gasteiger partial charge in [-0.05, 0) is 37.0 Å². The zero-order valence-electron chi connectivity index (χ0n) is 16.5. The number of likely N-dealkylation sites (tertiary alicyclic amines) is 1. The summed E-state index contributed by atoms with van der Waals surface area (Å²) in [6, 6.07) is 14.4. The van der Waals surface area contributed by atoms with Crippen LogP contribution in [0.2, 0.25) is 0 Å². The van der Waals surface area contributed by atoms with Crippen LogP contribution < -0.4 is 5.32 Å². The molecule has 0 radical (unpaired) electrons. The van der Waals surface area contributed by atoms with Crippen LogP contribution in [0.25, 0.3) is 11.5 Å². The lowest BCUT2D eigenvalue weighted by molar-refractivity contribution is -0.127. The number of pyridine rings is 1. The van der Waals surface area contributed by atoms with Crippen LogP contribution in [-0.2, 0) is 17.6 Å². The minimum Gasteiger partial charge on any atom is -0.368 e. The molecule has 3 heterocycles. The van der Waals surface area contributed by atoms with E-state index in [0.29, 0.717) is 24.7 Å². The lowest BCUT2D eigenvalue weighted by Crippen LogP contribution is -2.34. The second kappa shape index (κ2) is 8.86. The van der Waals surface area contributed by atoms with Gasteiger partial charge in [-0.1, -0.05) is 35.5 Å². The Labute approximate surface area is 170 Å². The third-order valence-electron chi connectivity index (χ3n) is 5.34. The van der Waals surface area contributed by atoms with Crippen LogP contribution in [0.1, 0.15) is 30.7 Å². The summed E-state index contributed by atoms with van der Waals surface area (Å²) in [6.45, 7) is 0.695. The lowest BCUT2D eigenvalue weighted by Gasteiger charge is -2.20. The van der Waals surface area contributed by atoms with Gasteiger partial charge in [0.25, 0.3) is 5.89 Å². The molecular formula is C22H25N5O2. The summed E-state index contributed by atoms with van der Waals surface area (Å²) in [5, 5.41) is 7.38. The normalized spacial score (nSPS) is 16.4. The number of rotatable bonds is 8. The number of anilines is 1. The molecular weight excluding hydrogens is 366 g/mol. The molecule has 3 aromatic rings. The minimum absolute atomic E-state index is 0.205. The Hall–Kier alpha value is -3.22. The Morgan fingerprint density at radius 3 is 2.76 bits per heavy atom. The Bertz CT molecular complexity index is 939. The number of nitrogens with zero attached hydrogens (tertiary/aromatic N) is 4. The van der Waals surface area contributed by atoms with Crippen molar-refractivity contribution in [3.05, 3.63) is 60.0 Å². The van der Waals surface area contributed by atoms with Gasteiger partial charge in [-0.15, -0.1) is 0 Å². The van der Waals surface area contributed by atoms with Crippen molar-refractivity contribution < 1.29 is 9.32 Å². The van der Waals surface area contributed by atoms with Gasteiger partial charge in [0.1, 0.15) is 5.82 Å². The second-order valence-electron chi connectivity index (χ2n) is 7.37. The maximum absolute atomic E-state index is 11.6. The highest BCUT2D eigenvalue weighted by molar-refractivity contribution is 5.78. The molecule has 0 spiro atoms. The summed E-state index contributed by atoms with van der Waals surface area (Å²) in [6.07, 6.45) is 5.98. The number of carbonyl (C=O) groups excluding carboxylic acids is 1. The first kappa shape index (κ1) is 19.1. The van der Waals surface area contributed by atoms with Gasteiger partial charge in [0.05, 0.1) is 5.56 Å². The first-order valence-corrected chi connectivity index (χ1v) is 10.0. The van der Waals surface area contributed by atoms with Gasteiger partial charge in [-0.2, -0.15) is 4.98 Å². The first-order chi connectivity index (χ1) is 14.2. The fraction of sp³-hybridized carbons (Fsp3) is 0.364. The largest absolute Gasteiger partial charge is 0.368 e. The number of aryl methyl sites for hydroxylation is 2. The molecule has 1 atom stereocenters. The monoisotopic (exact) mass is 391 g/mol. The molecule has 7 nitrogen and oxygen atoms in total. The molecule has 1 saturated heterocycles. The molecule has 150 valence electrons. The minimum atomic E-state index is 0.205. The molecule has 1 fully saturated rings. The molecule has 1 N–H and O–H groups in total. The van der Waals surface area contributed by atoms with Crippen molar-refractivity contribution in [2.24, 2.45) is 0 Å². The molecule has 0 aliphatic carbocycles. The quantitative estimate of drug-likeness (QED) is 0.634. The number of likely N-dealkylation sites (N-methyl/N-ethyl adjacent to an activating group) is 1. The zero-order chi connectivity index (χ0) is 20.1. The van der Waals surface area contributed by atoms with Crippen molar-refractivity contribution in [2.75, 3.05) is 18.9 Å². The summed E-state index contributed by atoms with van der Waals surface area (Å²) < 4.78 is 5.39. The standard InChI is InChI=1S/C22H25N5O2/c1-27-18(11-13-21(27)28)15-24-19-12-10-17(14-23-19)22-25-20(26-29-22)9-5-8-16-6-3-2-4-7-16/h2-4,6-7,10,12,14,18H,5,8-9,11,13,15H2,1H3,(H,23,24)/t18-/m0/s1. The molecule has 1 aromatic carbocycles. The Morgan fingerprint density at radius 1 is 1.17 bits per heavy atom. The van der Waals surface area contributed by atoms with Crippen LogP contribution in [0.4, 0.5) is 5.82 Å². The number of nitrogens with one attached hydrogen (secondary N) is 1. The average Bonchev–Trinajstić information content (AvgIpc) is 3.35. The number of hydrogen-bond acceptors (Lipinski definition) is 6. The highest BCUT2D eigenvalue weighted by Crippen LogP contribution is 2.20. The fourth-order valence-corrected chi connectivity index (χ4v) is 3.52. The number of benzene rings is 1. The molecule has 29 heavy (non-hydrogen) atoms. The summed E-state index contributed by atoms with van der Waals surface area (Å²) in [7, 11) is 1.85. The number of carbonyl (C=O) groups is 1. The maximum Gasteiger partial charge on any atom is 0.259 e. The van der Waals surface area contributed by atoms with Crippen LogP contribution in [0, 0.1) is 0 Å². The van der Waals surface area contributed by atoms with Crippen LogP contribution in [0.15, 0.2) is 53.2 Å². The third-order valence-corrected chi connectivity index (χ3v) is 5.34. The lowest BCUT2D eigenvalue weighted by atomic mass is 10.1. The summed E-state index contributed by atoms with van der Waals surface area (Å²) in [4.78, 5) is 22.3. The Balaban J connectivity index is 1.28. The molecule has 1 amide bonds. The summed E-state index contributed by atoms with van der Waals surface area (Å²) in [5.41, 5.74) is 2.11. The molecule has 7 heteroatoms. The topological polar surface area (TPSA) is 84.2 Å². The molecule has 2 aromatic heterocycles. The van der Waals surface area contributed by atoms with Crippen molar-refractivity contribution in [3.63, 3.8) is 0 Å². The van der Waals surface area contributed by atoms with Crippen LogP contribution in [-0.4, -0.2) is 45.6 Å². The van der Waals surface area contributed by atoms with E-state index < -0.39 is 0 Å². The average molecular weight is 391 g/mol. The molecule has 1 aliphatic heterocycles. The van der Waals surface area contributed by atoms with Crippen molar-refractivity contribution >= 4 is 11.7 Å². The van der Waals surface area contributed by atoms with Crippen molar-refractivity contribution in [1.82, 2.24) is 20.0 Å². The van der Waals surface area contributed by atoms with Gasteiger partial charge in [0.2, 0.25) is 5.91 Å². The highest BCUT2D eigenvalue weighted by atomic mass is 16.5. The first-order valence-electron chi connectivity index (χ1n) is 10.0. The predicted molar refractivity (Wildman–Crippen MR) is 110 cm³/mol. The summed E-state index contributed by atoms with van der Waals surface area (Å²) >= 11 is 0. The van der Waals surface area contributed by atoms with Gasteiger partial charge in [-0.25, -0.2) is 4.98 Å². The number of hydrogen-bond donors (Lipinski definition) is 1. The number of amides is 1. The molecule has 1 aliphatic rings. The molecule has 0 saturated carbocycles. The van der Waals surface area contributed by atoms with E-state index in [2.05, 4.69) is 44.7 Å². The van der Waals surface area contributed by atoms with E-state index >= 15 is 0 Å². The van der Waals surface area contributed by atoms with E-state index in [0.717, 1.165) is 37.1 Å². The van der Waals surface area contributed by atoms with E-state index in [4.69, 9.17) is 4.52 Å². The molecule has 0 unspecified atom stereocenters. The Kier molecular flexibility index (Phi) is 5.84. The van der Waals surface area contributed by atoms with E-state index in [-0.39, 0.29) is 11.9 Å². The van der Waals surface area contributed by atoms with Gasteiger partial charge in [0, 0.05) is 38.7 Å². The predicted octanol–water partition coefficient (Wildman–Crippen LogP) is 3.34. The van der Waals surface area contributed by atoms with Gasteiger partial charge in [-0.3, -0.25) is 4.79 Å². The molecule has 0 bridgehead atoms. The SMILES string of the molecule is CN1C(=O)CC[C@H]1CNc1ccc(-c2nc(CCCc3ccccc3)no2)cn1. The Morgan fingerprint density at radius 2 is 2.03 bits per heavy atom. The van der Waals surface area contributed by atoms with E-state index in [9.17, 15) is 4.79 Å². The van der Waals surface area contributed by atoms with Crippen LogP contribution in [0.3, 0.4) is 0 Å². The maximum atomic E-state index is 11.6. The molecule has 4 rings (SSSR count). The smallest absolute Gasteiger partial charge is 0.259 e. The third kappa shape index (κ3) is 4.80. The summed E-state index contributed by atoms with van der Waals surface area (Å²) in [5.74, 6) is 2.17. The van der Waals surface area contributed by atoms with Crippen LogP contribution >= 0.6 is 0 Å². The van der Waals surface area contributed by atoms with E-state index in [1.54, 1.807) is 11.1 Å². The van der Waals surface area contributed by atoms with Gasteiger partial charge < -0.3 is 14.7 Å². The zero-order valence-corrected chi connectivity index (χ0v) is 16.5. The second-order valence-corrected chi connectivity index (χ2v) is 7.37. The van der Waals surface area contributed by atoms with Crippen molar-refractivity contribution in [2.45, 2.75) is 38.1 Å². The van der Waals surface area contributed by atoms with E-state index in [1.165, 1.54) is 5.56 Å². The van der Waals surface area contributed by atoms with Gasteiger partial charge >= 0.3 is 0 Å². The van der Waals surface area contributed by atoms with Crippen LogP contribution in [0.5, 0.6) is 0 Å². The van der Waals surface area contributed by atoms with Crippen molar-refractivity contribution in [3.8, 4) is 11.5 Å². The van der Waals surface area contributed by atoms with Crippen molar-refractivity contribution in [1.29, 1.82) is 0 Å².